The van der Waals surface area contributed by atoms with Gasteiger partial charge in [0.25, 0.3) is 0 Å². The van der Waals surface area contributed by atoms with E-state index in [1.165, 1.54) is 31.4 Å². The van der Waals surface area contributed by atoms with Crippen LogP contribution >= 0.6 is 0 Å². The van der Waals surface area contributed by atoms with Crippen LogP contribution in [0.25, 0.3) is 0 Å². The standard InChI is InChI=1S/C16H24N2O/c1-3-19-16-6-4-5-13(11-16)18-14-7-8-15(18)10-12(9-14)17-2/h4-6,11-12,14-15,17H,3,7-10H2,1-2H3. The van der Waals surface area contributed by atoms with E-state index in [2.05, 4.69) is 41.5 Å². The molecule has 1 aromatic rings. The van der Waals surface area contributed by atoms with Gasteiger partial charge in [-0.25, -0.2) is 0 Å². The predicted octanol–water partition coefficient (Wildman–Crippen LogP) is 2.80. The predicted molar refractivity (Wildman–Crippen MR) is 79.0 cm³/mol. The molecular formula is C16H24N2O. The Morgan fingerprint density at radius 2 is 2.00 bits per heavy atom. The van der Waals surface area contributed by atoms with Crippen molar-refractivity contribution in [2.45, 2.75) is 50.7 Å². The van der Waals surface area contributed by atoms with E-state index in [1.54, 1.807) is 0 Å². The molecule has 2 aliphatic heterocycles. The molecule has 2 atom stereocenters. The molecule has 19 heavy (non-hydrogen) atoms. The molecule has 1 N–H and O–H groups in total. The molecule has 1 aromatic carbocycles. The van der Waals surface area contributed by atoms with Crippen LogP contribution in [0, 0.1) is 0 Å². The van der Waals surface area contributed by atoms with Crippen LogP contribution in [-0.2, 0) is 0 Å². The lowest BCUT2D eigenvalue weighted by Gasteiger charge is -2.40. The molecule has 3 rings (SSSR count). The van der Waals surface area contributed by atoms with E-state index >= 15 is 0 Å². The highest BCUT2D eigenvalue weighted by atomic mass is 16.5. The summed E-state index contributed by atoms with van der Waals surface area (Å²) in [5, 5.41) is 3.46. The van der Waals surface area contributed by atoms with Crippen molar-refractivity contribution < 1.29 is 4.74 Å². The number of rotatable bonds is 4. The molecule has 3 heteroatoms. The summed E-state index contributed by atoms with van der Waals surface area (Å²) in [6.45, 7) is 2.77. The van der Waals surface area contributed by atoms with Gasteiger partial charge in [-0.15, -0.1) is 0 Å². The van der Waals surface area contributed by atoms with E-state index in [-0.39, 0.29) is 0 Å². The average Bonchev–Trinajstić information content (AvgIpc) is 2.70. The Morgan fingerprint density at radius 1 is 1.26 bits per heavy atom. The second kappa shape index (κ2) is 5.41. The first-order valence-electron chi connectivity index (χ1n) is 7.50. The lowest BCUT2D eigenvalue weighted by atomic mass is 9.96. The molecule has 0 spiro atoms. The zero-order chi connectivity index (χ0) is 13.2. The second-order valence-corrected chi connectivity index (χ2v) is 5.68. The van der Waals surface area contributed by atoms with Gasteiger partial charge in [-0.2, -0.15) is 0 Å². The molecule has 0 aromatic heterocycles. The number of ether oxygens (including phenoxy) is 1. The Morgan fingerprint density at radius 3 is 2.63 bits per heavy atom. The van der Waals surface area contributed by atoms with Gasteiger partial charge in [0, 0.05) is 29.9 Å². The van der Waals surface area contributed by atoms with Gasteiger partial charge in [0.2, 0.25) is 0 Å². The summed E-state index contributed by atoms with van der Waals surface area (Å²) in [5.74, 6) is 0.995. The van der Waals surface area contributed by atoms with Crippen molar-refractivity contribution in [3.63, 3.8) is 0 Å². The SMILES string of the molecule is CCOc1cccc(N2C3CCC2CC(NC)C3)c1. The second-order valence-electron chi connectivity index (χ2n) is 5.68. The molecule has 2 fully saturated rings. The highest BCUT2D eigenvalue weighted by Crippen LogP contribution is 2.40. The number of nitrogens with zero attached hydrogens (tertiary/aromatic N) is 1. The van der Waals surface area contributed by atoms with Crippen LogP contribution in [0.5, 0.6) is 5.75 Å². The molecule has 104 valence electrons. The molecule has 2 bridgehead atoms. The summed E-state index contributed by atoms with van der Waals surface area (Å²) in [5.41, 5.74) is 1.34. The van der Waals surface area contributed by atoms with Crippen molar-refractivity contribution in [2.75, 3.05) is 18.6 Å². The molecule has 0 radical (unpaired) electrons. The topological polar surface area (TPSA) is 24.5 Å². The molecular weight excluding hydrogens is 236 g/mol. The summed E-state index contributed by atoms with van der Waals surface area (Å²) in [7, 11) is 2.09. The van der Waals surface area contributed by atoms with Crippen molar-refractivity contribution in [3.8, 4) is 5.75 Å². The number of fused-ring (bicyclic) bond motifs is 2. The molecule has 2 unspecified atom stereocenters. The summed E-state index contributed by atoms with van der Waals surface area (Å²) in [6, 6.07) is 10.7. The van der Waals surface area contributed by atoms with Crippen LogP contribution < -0.4 is 15.0 Å². The van der Waals surface area contributed by atoms with E-state index in [9.17, 15) is 0 Å². The van der Waals surface area contributed by atoms with Crippen LogP contribution in [-0.4, -0.2) is 31.8 Å². The monoisotopic (exact) mass is 260 g/mol. The van der Waals surface area contributed by atoms with Crippen molar-refractivity contribution >= 4 is 5.69 Å². The third-order valence-corrected chi connectivity index (χ3v) is 4.57. The van der Waals surface area contributed by atoms with Crippen LogP contribution in [0.3, 0.4) is 0 Å². The Labute approximate surface area is 115 Å². The largest absolute Gasteiger partial charge is 0.494 e. The van der Waals surface area contributed by atoms with Crippen LogP contribution in [0.4, 0.5) is 5.69 Å². The van der Waals surface area contributed by atoms with Gasteiger partial charge < -0.3 is 15.0 Å². The average molecular weight is 260 g/mol. The minimum Gasteiger partial charge on any atom is -0.494 e. The number of hydrogen-bond acceptors (Lipinski definition) is 3. The number of anilines is 1. The van der Waals surface area contributed by atoms with Gasteiger partial charge in [0.05, 0.1) is 6.61 Å². The highest BCUT2D eigenvalue weighted by molar-refractivity contribution is 5.54. The Kier molecular flexibility index (Phi) is 3.65. The van der Waals surface area contributed by atoms with Gasteiger partial charge in [0.1, 0.15) is 5.75 Å². The van der Waals surface area contributed by atoms with Crippen molar-refractivity contribution in [1.29, 1.82) is 0 Å². The van der Waals surface area contributed by atoms with E-state index in [4.69, 9.17) is 4.74 Å². The highest BCUT2D eigenvalue weighted by Gasteiger charge is 2.40. The fourth-order valence-corrected chi connectivity index (χ4v) is 3.73. The van der Waals surface area contributed by atoms with Gasteiger partial charge in [0.15, 0.2) is 0 Å². The molecule has 2 saturated heterocycles. The zero-order valence-electron chi connectivity index (χ0n) is 11.9. The third kappa shape index (κ3) is 2.44. The van der Waals surface area contributed by atoms with Crippen molar-refractivity contribution in [1.82, 2.24) is 5.32 Å². The number of piperidine rings is 1. The fraction of sp³-hybridized carbons (Fsp3) is 0.625. The maximum Gasteiger partial charge on any atom is 0.121 e. The van der Waals surface area contributed by atoms with E-state index in [0.717, 1.165) is 12.4 Å². The summed E-state index contributed by atoms with van der Waals surface area (Å²) in [6.07, 6.45) is 5.21. The molecule has 3 nitrogen and oxygen atoms in total. The fourth-order valence-electron chi connectivity index (χ4n) is 3.73. The van der Waals surface area contributed by atoms with Crippen molar-refractivity contribution in [3.05, 3.63) is 24.3 Å². The molecule has 0 saturated carbocycles. The maximum absolute atomic E-state index is 5.63. The molecule has 2 aliphatic rings. The number of hydrogen-bond donors (Lipinski definition) is 1. The van der Waals surface area contributed by atoms with E-state index in [1.807, 2.05) is 6.92 Å². The minimum absolute atomic E-state index is 0.698. The lowest BCUT2D eigenvalue weighted by molar-refractivity contribution is 0.339. The minimum atomic E-state index is 0.698. The quantitative estimate of drug-likeness (QED) is 0.901. The first kappa shape index (κ1) is 12.8. The first-order chi connectivity index (χ1) is 9.31. The zero-order valence-corrected chi connectivity index (χ0v) is 11.9. The third-order valence-electron chi connectivity index (χ3n) is 4.57. The molecule has 0 amide bonds. The first-order valence-corrected chi connectivity index (χ1v) is 7.50. The Balaban J connectivity index is 1.81. The van der Waals surface area contributed by atoms with Gasteiger partial charge in [-0.05, 0) is 51.8 Å². The smallest absolute Gasteiger partial charge is 0.121 e. The number of benzene rings is 1. The lowest BCUT2D eigenvalue weighted by Crippen LogP contribution is -2.48. The summed E-state index contributed by atoms with van der Waals surface area (Å²) >= 11 is 0. The molecule has 2 heterocycles. The summed E-state index contributed by atoms with van der Waals surface area (Å²) < 4.78 is 5.63. The summed E-state index contributed by atoms with van der Waals surface area (Å²) in [4.78, 5) is 2.64. The van der Waals surface area contributed by atoms with Gasteiger partial charge in [-0.3, -0.25) is 0 Å². The number of nitrogens with one attached hydrogen (secondary N) is 1. The van der Waals surface area contributed by atoms with Gasteiger partial charge in [-0.1, -0.05) is 6.07 Å². The van der Waals surface area contributed by atoms with E-state index in [0.29, 0.717) is 18.1 Å². The van der Waals surface area contributed by atoms with Crippen molar-refractivity contribution in [2.24, 2.45) is 0 Å². The van der Waals surface area contributed by atoms with Crippen LogP contribution in [0.15, 0.2) is 24.3 Å². The Bertz CT molecular complexity index is 421. The maximum atomic E-state index is 5.63. The van der Waals surface area contributed by atoms with Crippen LogP contribution in [0.2, 0.25) is 0 Å². The van der Waals surface area contributed by atoms with Crippen LogP contribution in [0.1, 0.15) is 32.6 Å². The van der Waals surface area contributed by atoms with Gasteiger partial charge >= 0.3 is 0 Å². The normalized spacial score (nSPS) is 29.6. The Hall–Kier alpha value is -1.22. The van der Waals surface area contributed by atoms with E-state index < -0.39 is 0 Å². The molecule has 0 aliphatic carbocycles.